The highest BCUT2D eigenvalue weighted by atomic mass is 19.1. The number of rotatable bonds is 10. The first kappa shape index (κ1) is 15.2. The summed E-state index contributed by atoms with van der Waals surface area (Å²) in [5.74, 6) is 0. The van der Waals surface area contributed by atoms with Gasteiger partial charge < -0.3 is 10.1 Å². The van der Waals surface area contributed by atoms with E-state index in [4.69, 9.17) is 4.74 Å². The number of carbonyl (C=O) groups is 1. The van der Waals surface area contributed by atoms with Crippen molar-refractivity contribution in [3.05, 3.63) is 0 Å². The van der Waals surface area contributed by atoms with Gasteiger partial charge >= 0.3 is 6.09 Å². The number of carbonyl (C=O) groups excluding carboxylic acids is 1. The maximum absolute atomic E-state index is 11.7. The zero-order valence-corrected chi connectivity index (χ0v) is 10.3. The Morgan fingerprint density at radius 3 is 2.50 bits per heavy atom. The third-order valence-electron chi connectivity index (χ3n) is 2.31. The first-order valence-electron chi connectivity index (χ1n) is 6.27. The van der Waals surface area contributed by atoms with Gasteiger partial charge in [-0.3, -0.25) is 4.39 Å². The number of amides is 1. The standard InChI is InChI=1S/C12H24FNO2/c1-2-3-10-14-12(15)16-11-8-6-4-5-7-9-13/h2-11H2,1H3,(H,14,15). The Morgan fingerprint density at radius 2 is 1.81 bits per heavy atom. The van der Waals surface area contributed by atoms with Gasteiger partial charge in [0.25, 0.3) is 0 Å². The molecule has 0 aliphatic carbocycles. The number of alkyl carbamates (subject to hydrolysis) is 1. The quantitative estimate of drug-likeness (QED) is 0.587. The van der Waals surface area contributed by atoms with Crippen molar-refractivity contribution in [2.24, 2.45) is 0 Å². The van der Waals surface area contributed by atoms with Crippen LogP contribution in [0.2, 0.25) is 0 Å². The Morgan fingerprint density at radius 1 is 1.12 bits per heavy atom. The van der Waals surface area contributed by atoms with E-state index in [-0.39, 0.29) is 12.8 Å². The highest BCUT2D eigenvalue weighted by Crippen LogP contribution is 2.03. The summed E-state index contributed by atoms with van der Waals surface area (Å²) in [5.41, 5.74) is 0. The lowest BCUT2D eigenvalue weighted by molar-refractivity contribution is 0.143. The normalized spacial score (nSPS) is 10.1. The highest BCUT2D eigenvalue weighted by Gasteiger charge is 1.99. The first-order chi connectivity index (χ1) is 7.81. The van der Waals surface area contributed by atoms with E-state index in [9.17, 15) is 9.18 Å². The van der Waals surface area contributed by atoms with Crippen molar-refractivity contribution >= 4 is 6.09 Å². The lowest BCUT2D eigenvalue weighted by atomic mass is 10.2. The average molecular weight is 233 g/mol. The van der Waals surface area contributed by atoms with E-state index in [0.717, 1.165) is 38.5 Å². The van der Waals surface area contributed by atoms with Gasteiger partial charge in [0.2, 0.25) is 0 Å². The molecule has 0 saturated heterocycles. The predicted octanol–water partition coefficient (Wildman–Crippen LogP) is 3.43. The van der Waals surface area contributed by atoms with Crippen LogP contribution in [0.1, 0.15) is 51.9 Å². The molecule has 16 heavy (non-hydrogen) atoms. The fourth-order valence-corrected chi connectivity index (χ4v) is 1.31. The van der Waals surface area contributed by atoms with E-state index in [1.54, 1.807) is 0 Å². The number of hydrogen-bond acceptors (Lipinski definition) is 2. The average Bonchev–Trinajstić information content (AvgIpc) is 2.28. The zero-order valence-electron chi connectivity index (χ0n) is 10.3. The molecule has 0 aromatic rings. The molecule has 0 atom stereocenters. The summed E-state index contributed by atoms with van der Waals surface area (Å²) in [6.45, 7) is 3.00. The fraction of sp³-hybridized carbons (Fsp3) is 0.917. The smallest absolute Gasteiger partial charge is 0.407 e. The first-order valence-corrected chi connectivity index (χ1v) is 6.27. The van der Waals surface area contributed by atoms with Crippen molar-refractivity contribution in [3.63, 3.8) is 0 Å². The lowest BCUT2D eigenvalue weighted by Crippen LogP contribution is -2.25. The molecular formula is C12H24FNO2. The highest BCUT2D eigenvalue weighted by molar-refractivity contribution is 5.66. The minimum absolute atomic E-state index is 0.226. The second-order valence-electron chi connectivity index (χ2n) is 3.87. The Bertz CT molecular complexity index is 165. The Balaban J connectivity index is 3.09. The van der Waals surface area contributed by atoms with Crippen LogP contribution < -0.4 is 5.32 Å². The molecule has 3 nitrogen and oxygen atoms in total. The van der Waals surface area contributed by atoms with Crippen molar-refractivity contribution in [1.82, 2.24) is 5.32 Å². The van der Waals surface area contributed by atoms with Crippen LogP contribution in [-0.2, 0) is 4.74 Å². The number of nitrogens with one attached hydrogen (secondary N) is 1. The van der Waals surface area contributed by atoms with Crippen LogP contribution in [0.3, 0.4) is 0 Å². The zero-order chi connectivity index (χ0) is 12.1. The summed E-state index contributed by atoms with van der Waals surface area (Å²) in [6, 6.07) is 0. The van der Waals surface area contributed by atoms with Gasteiger partial charge in [0.05, 0.1) is 13.3 Å². The van der Waals surface area contributed by atoms with Gasteiger partial charge in [-0.1, -0.05) is 32.6 Å². The molecule has 96 valence electrons. The molecule has 0 rings (SSSR count). The molecule has 0 unspecified atom stereocenters. The predicted molar refractivity (Wildman–Crippen MR) is 63.3 cm³/mol. The molecule has 0 aliphatic heterocycles. The van der Waals surface area contributed by atoms with Crippen molar-refractivity contribution in [2.75, 3.05) is 19.8 Å². The van der Waals surface area contributed by atoms with Crippen LogP contribution in [-0.4, -0.2) is 25.9 Å². The fourth-order valence-electron chi connectivity index (χ4n) is 1.31. The number of alkyl halides is 1. The van der Waals surface area contributed by atoms with Crippen LogP contribution >= 0.6 is 0 Å². The van der Waals surface area contributed by atoms with E-state index >= 15 is 0 Å². The Labute approximate surface area is 97.7 Å². The van der Waals surface area contributed by atoms with Crippen molar-refractivity contribution in [2.45, 2.75) is 51.9 Å². The van der Waals surface area contributed by atoms with Gasteiger partial charge in [0, 0.05) is 6.54 Å². The van der Waals surface area contributed by atoms with Gasteiger partial charge in [-0.25, -0.2) is 4.79 Å². The maximum Gasteiger partial charge on any atom is 0.407 e. The number of halogens is 1. The molecule has 0 heterocycles. The van der Waals surface area contributed by atoms with Gasteiger partial charge in [-0.05, 0) is 19.3 Å². The Hall–Kier alpha value is -0.800. The summed E-state index contributed by atoms with van der Waals surface area (Å²) in [5, 5.41) is 2.68. The molecule has 0 aromatic heterocycles. The van der Waals surface area contributed by atoms with E-state index in [0.29, 0.717) is 19.6 Å². The molecule has 1 amide bonds. The van der Waals surface area contributed by atoms with Gasteiger partial charge in [0.1, 0.15) is 0 Å². The van der Waals surface area contributed by atoms with Crippen LogP contribution in [0.4, 0.5) is 9.18 Å². The van der Waals surface area contributed by atoms with Crippen LogP contribution in [0.25, 0.3) is 0 Å². The molecule has 4 heteroatoms. The summed E-state index contributed by atoms with van der Waals surface area (Å²) in [7, 11) is 0. The molecule has 0 radical (unpaired) electrons. The number of ether oxygens (including phenoxy) is 1. The van der Waals surface area contributed by atoms with Crippen molar-refractivity contribution in [3.8, 4) is 0 Å². The topological polar surface area (TPSA) is 38.3 Å². The molecule has 0 saturated carbocycles. The number of hydrogen-bond donors (Lipinski definition) is 1. The lowest BCUT2D eigenvalue weighted by Gasteiger charge is -2.06. The van der Waals surface area contributed by atoms with E-state index < -0.39 is 0 Å². The summed E-state index contributed by atoms with van der Waals surface area (Å²) in [6.07, 6.45) is 6.20. The molecule has 0 bridgehead atoms. The minimum atomic E-state index is -0.322. The van der Waals surface area contributed by atoms with Crippen LogP contribution in [0.15, 0.2) is 0 Å². The molecule has 0 aliphatic rings. The third-order valence-corrected chi connectivity index (χ3v) is 2.31. The maximum atomic E-state index is 11.7. The van der Waals surface area contributed by atoms with Crippen molar-refractivity contribution < 1.29 is 13.9 Å². The summed E-state index contributed by atoms with van der Waals surface area (Å²) in [4.78, 5) is 11.1. The molecule has 0 aromatic carbocycles. The summed E-state index contributed by atoms with van der Waals surface area (Å²) >= 11 is 0. The number of unbranched alkanes of at least 4 members (excludes halogenated alkanes) is 5. The molecule has 0 fully saturated rings. The van der Waals surface area contributed by atoms with Gasteiger partial charge in [-0.15, -0.1) is 0 Å². The van der Waals surface area contributed by atoms with Crippen LogP contribution in [0.5, 0.6) is 0 Å². The summed E-state index contributed by atoms with van der Waals surface area (Å²) < 4.78 is 16.7. The van der Waals surface area contributed by atoms with Gasteiger partial charge in [0.15, 0.2) is 0 Å². The second-order valence-corrected chi connectivity index (χ2v) is 3.87. The van der Waals surface area contributed by atoms with E-state index in [1.807, 2.05) is 0 Å². The van der Waals surface area contributed by atoms with E-state index in [1.165, 1.54) is 0 Å². The SMILES string of the molecule is CCCCNC(=O)OCCCCCCCF. The van der Waals surface area contributed by atoms with E-state index in [2.05, 4.69) is 12.2 Å². The minimum Gasteiger partial charge on any atom is -0.450 e. The molecule has 0 spiro atoms. The molecule has 1 N–H and O–H groups in total. The third kappa shape index (κ3) is 11.3. The van der Waals surface area contributed by atoms with Crippen molar-refractivity contribution in [1.29, 1.82) is 0 Å². The second kappa shape index (κ2) is 12.3. The Kier molecular flexibility index (Phi) is 11.7. The largest absolute Gasteiger partial charge is 0.450 e. The van der Waals surface area contributed by atoms with Crippen LogP contribution in [0, 0.1) is 0 Å². The molecular weight excluding hydrogens is 209 g/mol. The van der Waals surface area contributed by atoms with Gasteiger partial charge in [-0.2, -0.15) is 0 Å². The monoisotopic (exact) mass is 233 g/mol.